The highest BCUT2D eigenvalue weighted by Gasteiger charge is 2.21. The summed E-state index contributed by atoms with van der Waals surface area (Å²) < 4.78 is 5.26. The summed E-state index contributed by atoms with van der Waals surface area (Å²) in [5, 5.41) is 11.8. The monoisotopic (exact) mass is 338 g/mol. The van der Waals surface area contributed by atoms with Crippen molar-refractivity contribution in [3.63, 3.8) is 0 Å². The van der Waals surface area contributed by atoms with Crippen molar-refractivity contribution in [2.75, 3.05) is 32.0 Å². The fraction of sp³-hybridized carbons (Fsp3) is 0.562. The first kappa shape index (κ1) is 19.7. The second-order valence-electron chi connectivity index (χ2n) is 6.35. The van der Waals surface area contributed by atoms with Crippen molar-refractivity contribution in [1.29, 1.82) is 0 Å². The Hall–Kier alpha value is -2.35. The van der Waals surface area contributed by atoms with Crippen LogP contribution in [0.4, 0.5) is 10.5 Å². The molecule has 0 aliphatic carbocycles. The number of carbonyl (C=O) groups excluding carboxylic acids is 2. The van der Waals surface area contributed by atoms with Gasteiger partial charge >= 0.3 is 6.09 Å². The number of amides is 2. The molecule has 0 aliphatic heterocycles. The number of carbonyl (C=O) groups is 2. The molecule has 2 amide bonds. The van der Waals surface area contributed by atoms with Crippen molar-refractivity contribution in [1.82, 2.24) is 15.2 Å². The van der Waals surface area contributed by atoms with E-state index in [4.69, 9.17) is 15.6 Å². The van der Waals surface area contributed by atoms with Crippen LogP contribution in [0.5, 0.6) is 0 Å². The number of nitrogens with two attached hydrogens (primary N) is 1. The molecule has 1 rings (SSSR count). The number of hydrogen-bond acceptors (Lipinski definition) is 6. The minimum Gasteiger partial charge on any atom is -0.444 e. The van der Waals surface area contributed by atoms with Crippen LogP contribution < -0.4 is 11.1 Å². The van der Waals surface area contributed by atoms with E-state index >= 15 is 0 Å². The zero-order valence-electron chi connectivity index (χ0n) is 14.6. The highest BCUT2D eigenvalue weighted by molar-refractivity contribution is 5.94. The third kappa shape index (κ3) is 6.41. The predicted octanol–water partition coefficient (Wildman–Crippen LogP) is 0.931. The standard InChI is InChI=1S/C16H26N4O4/c1-11-13(17)9-12(10-19-11)14(22)18-5-6-20(7-8-21)15(23)24-16(2,3)4/h9-10,21H,5-8,17H2,1-4H3,(H,18,22). The molecular weight excluding hydrogens is 312 g/mol. The van der Waals surface area contributed by atoms with Crippen LogP contribution >= 0.6 is 0 Å². The molecule has 8 nitrogen and oxygen atoms in total. The third-order valence-corrected chi connectivity index (χ3v) is 3.08. The largest absolute Gasteiger partial charge is 0.444 e. The molecule has 0 unspecified atom stereocenters. The van der Waals surface area contributed by atoms with Crippen molar-refractivity contribution < 1.29 is 19.4 Å². The van der Waals surface area contributed by atoms with Crippen molar-refractivity contribution in [2.45, 2.75) is 33.3 Å². The lowest BCUT2D eigenvalue weighted by atomic mass is 10.2. The molecule has 0 atom stereocenters. The molecule has 0 saturated heterocycles. The van der Waals surface area contributed by atoms with E-state index in [1.165, 1.54) is 11.1 Å². The highest BCUT2D eigenvalue weighted by atomic mass is 16.6. The quantitative estimate of drug-likeness (QED) is 0.710. The van der Waals surface area contributed by atoms with Gasteiger partial charge in [-0.15, -0.1) is 0 Å². The molecule has 1 heterocycles. The first-order valence-electron chi connectivity index (χ1n) is 7.73. The average Bonchev–Trinajstić information content (AvgIpc) is 2.47. The first-order chi connectivity index (χ1) is 11.1. The summed E-state index contributed by atoms with van der Waals surface area (Å²) in [4.78, 5) is 29.5. The normalized spacial score (nSPS) is 11.0. The molecule has 24 heavy (non-hydrogen) atoms. The molecular formula is C16H26N4O4. The number of ether oxygens (including phenoxy) is 1. The molecule has 0 fully saturated rings. The Morgan fingerprint density at radius 3 is 2.58 bits per heavy atom. The maximum atomic E-state index is 12.1. The minimum absolute atomic E-state index is 0.129. The van der Waals surface area contributed by atoms with Gasteiger partial charge in [0.05, 0.1) is 23.6 Å². The van der Waals surface area contributed by atoms with Crippen molar-refractivity contribution in [3.05, 3.63) is 23.5 Å². The lowest BCUT2D eigenvalue weighted by molar-refractivity contribution is 0.0220. The Bertz CT molecular complexity index is 584. The fourth-order valence-electron chi connectivity index (χ4n) is 1.82. The summed E-state index contributed by atoms with van der Waals surface area (Å²) in [5.41, 5.74) is 6.56. The van der Waals surface area contributed by atoms with Crippen LogP contribution in [0.1, 0.15) is 36.8 Å². The smallest absolute Gasteiger partial charge is 0.410 e. The van der Waals surface area contributed by atoms with Gasteiger partial charge in [0.15, 0.2) is 0 Å². The van der Waals surface area contributed by atoms with Crippen LogP contribution in [0, 0.1) is 6.92 Å². The predicted molar refractivity (Wildman–Crippen MR) is 90.6 cm³/mol. The zero-order valence-corrected chi connectivity index (χ0v) is 14.6. The maximum Gasteiger partial charge on any atom is 0.410 e. The Morgan fingerprint density at radius 2 is 2.04 bits per heavy atom. The summed E-state index contributed by atoms with van der Waals surface area (Å²) in [6.45, 7) is 7.41. The highest BCUT2D eigenvalue weighted by Crippen LogP contribution is 2.10. The average molecular weight is 338 g/mol. The van der Waals surface area contributed by atoms with E-state index in [2.05, 4.69) is 10.3 Å². The lowest BCUT2D eigenvalue weighted by Gasteiger charge is -2.27. The van der Waals surface area contributed by atoms with Crippen LogP contribution in [-0.2, 0) is 4.74 Å². The molecule has 134 valence electrons. The molecule has 0 radical (unpaired) electrons. The van der Waals surface area contributed by atoms with Gasteiger partial charge in [0, 0.05) is 25.8 Å². The number of rotatable bonds is 6. The number of hydrogen-bond donors (Lipinski definition) is 3. The molecule has 0 saturated carbocycles. The Morgan fingerprint density at radius 1 is 1.38 bits per heavy atom. The molecule has 0 spiro atoms. The number of nitrogens with zero attached hydrogens (tertiary/aromatic N) is 2. The van der Waals surface area contributed by atoms with E-state index in [9.17, 15) is 9.59 Å². The number of nitrogen functional groups attached to an aromatic ring is 1. The van der Waals surface area contributed by atoms with Crippen molar-refractivity contribution in [3.8, 4) is 0 Å². The second-order valence-corrected chi connectivity index (χ2v) is 6.35. The first-order valence-corrected chi connectivity index (χ1v) is 7.73. The fourth-order valence-corrected chi connectivity index (χ4v) is 1.82. The topological polar surface area (TPSA) is 118 Å². The summed E-state index contributed by atoms with van der Waals surface area (Å²) in [7, 11) is 0. The van der Waals surface area contributed by atoms with E-state index in [-0.39, 0.29) is 32.1 Å². The van der Waals surface area contributed by atoms with Crippen LogP contribution in [-0.4, -0.2) is 58.8 Å². The van der Waals surface area contributed by atoms with E-state index in [1.54, 1.807) is 33.8 Å². The molecule has 0 aromatic carbocycles. The Balaban J connectivity index is 2.56. The third-order valence-electron chi connectivity index (χ3n) is 3.08. The summed E-state index contributed by atoms with van der Waals surface area (Å²) in [5.74, 6) is -0.331. The molecule has 0 aliphatic rings. The van der Waals surface area contributed by atoms with E-state index in [1.807, 2.05) is 0 Å². The Kier molecular flexibility index (Phi) is 6.97. The van der Waals surface area contributed by atoms with Gasteiger partial charge in [0.25, 0.3) is 5.91 Å². The molecule has 1 aromatic rings. The summed E-state index contributed by atoms with van der Waals surface area (Å²) in [6, 6.07) is 1.55. The van der Waals surface area contributed by atoms with Crippen LogP contribution in [0.3, 0.4) is 0 Å². The molecule has 4 N–H and O–H groups in total. The van der Waals surface area contributed by atoms with Gasteiger partial charge in [-0.05, 0) is 33.8 Å². The van der Waals surface area contributed by atoms with Gasteiger partial charge in [-0.25, -0.2) is 4.79 Å². The number of nitrogens with one attached hydrogen (secondary N) is 1. The van der Waals surface area contributed by atoms with E-state index < -0.39 is 11.7 Å². The van der Waals surface area contributed by atoms with Gasteiger partial charge in [0.2, 0.25) is 0 Å². The van der Waals surface area contributed by atoms with Gasteiger partial charge in [0.1, 0.15) is 5.60 Å². The number of aliphatic hydroxyl groups is 1. The number of aliphatic hydroxyl groups excluding tert-OH is 1. The van der Waals surface area contributed by atoms with Gasteiger partial charge in [-0.3, -0.25) is 9.78 Å². The molecule has 8 heteroatoms. The van der Waals surface area contributed by atoms with Crippen LogP contribution in [0.25, 0.3) is 0 Å². The number of anilines is 1. The maximum absolute atomic E-state index is 12.1. The number of pyridine rings is 1. The van der Waals surface area contributed by atoms with Crippen molar-refractivity contribution in [2.24, 2.45) is 0 Å². The number of aromatic nitrogens is 1. The second kappa shape index (κ2) is 8.49. The zero-order chi connectivity index (χ0) is 18.3. The van der Waals surface area contributed by atoms with Crippen LogP contribution in [0.15, 0.2) is 12.3 Å². The lowest BCUT2D eigenvalue weighted by Crippen LogP contribution is -2.42. The van der Waals surface area contributed by atoms with Gasteiger partial charge in [-0.2, -0.15) is 0 Å². The SMILES string of the molecule is Cc1ncc(C(=O)NCCN(CCO)C(=O)OC(C)(C)C)cc1N. The van der Waals surface area contributed by atoms with Gasteiger partial charge in [-0.1, -0.05) is 0 Å². The summed E-state index contributed by atoms with van der Waals surface area (Å²) >= 11 is 0. The molecule has 1 aromatic heterocycles. The minimum atomic E-state index is -0.626. The Labute approximate surface area is 142 Å². The summed E-state index contributed by atoms with van der Waals surface area (Å²) in [6.07, 6.45) is 0.910. The van der Waals surface area contributed by atoms with Crippen LogP contribution in [0.2, 0.25) is 0 Å². The van der Waals surface area contributed by atoms with Gasteiger partial charge < -0.3 is 25.8 Å². The number of aryl methyl sites for hydroxylation is 1. The molecule has 0 bridgehead atoms. The van der Waals surface area contributed by atoms with Crippen molar-refractivity contribution >= 4 is 17.7 Å². The van der Waals surface area contributed by atoms with E-state index in [0.717, 1.165) is 0 Å². The van der Waals surface area contributed by atoms with E-state index in [0.29, 0.717) is 16.9 Å².